The second kappa shape index (κ2) is 6.04. The Kier molecular flexibility index (Phi) is 4.91. The standard InChI is InChI=1S/C14H22N2O3/c1-9-5-6-10(11(15)8-17)7-12(9)16-13(18)19-14(2,3)4/h5-7,11,17H,8,15H2,1-4H3,(H,16,18). The lowest BCUT2D eigenvalue weighted by Crippen LogP contribution is -2.27. The van der Waals surface area contributed by atoms with E-state index in [1.54, 1.807) is 26.8 Å². The molecule has 0 aromatic heterocycles. The highest BCUT2D eigenvalue weighted by molar-refractivity contribution is 5.86. The second-order valence-corrected chi connectivity index (χ2v) is 5.49. The SMILES string of the molecule is Cc1ccc(C(N)CO)cc1NC(=O)OC(C)(C)C. The van der Waals surface area contributed by atoms with Crippen LogP contribution in [0.1, 0.15) is 37.9 Å². The number of aliphatic hydroxyl groups is 1. The monoisotopic (exact) mass is 266 g/mol. The van der Waals surface area contributed by atoms with Crippen LogP contribution in [0, 0.1) is 6.92 Å². The number of rotatable bonds is 3. The zero-order valence-electron chi connectivity index (χ0n) is 11.9. The molecule has 0 aliphatic heterocycles. The van der Waals surface area contributed by atoms with Gasteiger partial charge in [-0.15, -0.1) is 0 Å². The van der Waals surface area contributed by atoms with Crippen molar-refractivity contribution in [3.05, 3.63) is 29.3 Å². The van der Waals surface area contributed by atoms with E-state index in [0.717, 1.165) is 11.1 Å². The van der Waals surface area contributed by atoms with E-state index in [2.05, 4.69) is 5.32 Å². The van der Waals surface area contributed by atoms with E-state index < -0.39 is 17.7 Å². The summed E-state index contributed by atoms with van der Waals surface area (Å²) < 4.78 is 5.19. The van der Waals surface area contributed by atoms with E-state index in [4.69, 9.17) is 15.6 Å². The maximum Gasteiger partial charge on any atom is 0.412 e. The number of carbonyl (C=O) groups excluding carboxylic acids is 1. The Bertz CT molecular complexity index is 452. The van der Waals surface area contributed by atoms with Crippen molar-refractivity contribution in [3.8, 4) is 0 Å². The first-order valence-electron chi connectivity index (χ1n) is 6.20. The van der Waals surface area contributed by atoms with Crippen molar-refractivity contribution in [3.63, 3.8) is 0 Å². The third-order valence-electron chi connectivity index (χ3n) is 2.52. The van der Waals surface area contributed by atoms with Gasteiger partial charge in [0.2, 0.25) is 0 Å². The number of hydrogen-bond acceptors (Lipinski definition) is 4. The quantitative estimate of drug-likeness (QED) is 0.784. The molecule has 0 spiro atoms. The highest BCUT2D eigenvalue weighted by Gasteiger charge is 2.17. The van der Waals surface area contributed by atoms with Gasteiger partial charge in [-0.25, -0.2) is 4.79 Å². The molecule has 106 valence electrons. The van der Waals surface area contributed by atoms with E-state index in [0.29, 0.717) is 5.69 Å². The Morgan fingerprint density at radius 3 is 2.63 bits per heavy atom. The summed E-state index contributed by atoms with van der Waals surface area (Å²) in [4.78, 5) is 11.7. The maximum atomic E-state index is 11.7. The van der Waals surface area contributed by atoms with E-state index in [-0.39, 0.29) is 6.61 Å². The molecule has 0 saturated carbocycles. The van der Waals surface area contributed by atoms with Gasteiger partial charge in [0.15, 0.2) is 0 Å². The van der Waals surface area contributed by atoms with E-state index >= 15 is 0 Å². The molecule has 5 heteroatoms. The third-order valence-corrected chi connectivity index (χ3v) is 2.52. The van der Waals surface area contributed by atoms with Gasteiger partial charge < -0.3 is 15.6 Å². The lowest BCUT2D eigenvalue weighted by atomic mass is 10.0. The molecule has 0 saturated heterocycles. The number of aliphatic hydroxyl groups excluding tert-OH is 1. The molecule has 1 amide bonds. The Labute approximate surface area is 113 Å². The summed E-state index contributed by atoms with van der Waals surface area (Å²) in [6.07, 6.45) is -0.509. The maximum absolute atomic E-state index is 11.7. The molecule has 1 atom stereocenters. The molecule has 0 radical (unpaired) electrons. The van der Waals surface area contributed by atoms with Crippen molar-refractivity contribution < 1.29 is 14.6 Å². The molecule has 1 unspecified atom stereocenters. The Hall–Kier alpha value is -1.59. The second-order valence-electron chi connectivity index (χ2n) is 5.49. The number of amides is 1. The molecule has 19 heavy (non-hydrogen) atoms. The van der Waals surface area contributed by atoms with Gasteiger partial charge in [-0.2, -0.15) is 0 Å². The normalized spacial score (nSPS) is 12.9. The van der Waals surface area contributed by atoms with Gasteiger partial charge in [-0.3, -0.25) is 5.32 Å². The van der Waals surface area contributed by atoms with Gasteiger partial charge in [0.05, 0.1) is 12.6 Å². The van der Waals surface area contributed by atoms with Gasteiger partial charge in [-0.05, 0) is 44.9 Å². The number of carbonyl (C=O) groups is 1. The minimum absolute atomic E-state index is 0.144. The first-order chi connectivity index (χ1) is 8.73. The summed E-state index contributed by atoms with van der Waals surface area (Å²) in [5.41, 5.74) is 7.51. The summed E-state index contributed by atoms with van der Waals surface area (Å²) in [7, 11) is 0. The van der Waals surface area contributed by atoms with Gasteiger partial charge in [0.1, 0.15) is 5.60 Å². The largest absolute Gasteiger partial charge is 0.444 e. The Morgan fingerprint density at radius 1 is 1.47 bits per heavy atom. The van der Waals surface area contributed by atoms with Crippen LogP contribution in [-0.4, -0.2) is 23.4 Å². The summed E-state index contributed by atoms with van der Waals surface area (Å²) >= 11 is 0. The van der Waals surface area contributed by atoms with Gasteiger partial charge >= 0.3 is 6.09 Å². The average Bonchev–Trinajstić information content (AvgIpc) is 2.28. The molecule has 1 aromatic carbocycles. The summed E-state index contributed by atoms with van der Waals surface area (Å²) in [6.45, 7) is 7.14. The van der Waals surface area contributed by atoms with Gasteiger partial charge in [-0.1, -0.05) is 12.1 Å². The third kappa shape index (κ3) is 4.89. The van der Waals surface area contributed by atoms with Crippen LogP contribution in [0.4, 0.5) is 10.5 Å². The molecule has 0 aliphatic rings. The fourth-order valence-electron chi connectivity index (χ4n) is 1.52. The van der Waals surface area contributed by atoms with Crippen molar-refractivity contribution in [2.24, 2.45) is 5.73 Å². The molecule has 0 bridgehead atoms. The zero-order chi connectivity index (χ0) is 14.6. The summed E-state index contributed by atoms with van der Waals surface area (Å²) in [6, 6.07) is 4.97. The van der Waals surface area contributed by atoms with Crippen molar-refractivity contribution in [1.82, 2.24) is 0 Å². The smallest absolute Gasteiger partial charge is 0.412 e. The van der Waals surface area contributed by atoms with Crippen LogP contribution in [0.25, 0.3) is 0 Å². The summed E-state index contributed by atoms with van der Waals surface area (Å²) in [5.74, 6) is 0. The van der Waals surface area contributed by atoms with Crippen LogP contribution >= 0.6 is 0 Å². The fraction of sp³-hybridized carbons (Fsp3) is 0.500. The molecule has 1 rings (SSSR count). The number of nitrogens with one attached hydrogen (secondary N) is 1. The molecule has 0 aliphatic carbocycles. The van der Waals surface area contributed by atoms with Gasteiger partial charge in [0, 0.05) is 5.69 Å². The van der Waals surface area contributed by atoms with Crippen molar-refractivity contribution in [2.45, 2.75) is 39.3 Å². The molecule has 1 aromatic rings. The molecule has 5 nitrogen and oxygen atoms in total. The minimum Gasteiger partial charge on any atom is -0.444 e. The highest BCUT2D eigenvalue weighted by Crippen LogP contribution is 2.21. The molecule has 4 N–H and O–H groups in total. The van der Waals surface area contributed by atoms with Crippen molar-refractivity contribution in [2.75, 3.05) is 11.9 Å². The van der Waals surface area contributed by atoms with Crippen molar-refractivity contribution >= 4 is 11.8 Å². The Morgan fingerprint density at radius 2 is 2.11 bits per heavy atom. The van der Waals surface area contributed by atoms with Crippen LogP contribution in [-0.2, 0) is 4.74 Å². The van der Waals surface area contributed by atoms with E-state index in [9.17, 15) is 4.79 Å². The molecular formula is C14H22N2O3. The minimum atomic E-state index is -0.545. The van der Waals surface area contributed by atoms with Crippen LogP contribution in [0.15, 0.2) is 18.2 Å². The van der Waals surface area contributed by atoms with Gasteiger partial charge in [0.25, 0.3) is 0 Å². The van der Waals surface area contributed by atoms with E-state index in [1.165, 1.54) is 0 Å². The van der Waals surface area contributed by atoms with Crippen LogP contribution in [0.5, 0.6) is 0 Å². The molecule has 0 heterocycles. The van der Waals surface area contributed by atoms with E-state index in [1.807, 2.05) is 19.1 Å². The number of hydrogen-bond donors (Lipinski definition) is 3. The van der Waals surface area contributed by atoms with Crippen LogP contribution in [0.3, 0.4) is 0 Å². The average molecular weight is 266 g/mol. The predicted octanol–water partition coefficient (Wildman–Crippen LogP) is 2.33. The molecule has 0 fully saturated rings. The number of benzene rings is 1. The lowest BCUT2D eigenvalue weighted by Gasteiger charge is -2.20. The molecular weight excluding hydrogens is 244 g/mol. The fourth-order valence-corrected chi connectivity index (χ4v) is 1.52. The first kappa shape index (κ1) is 15.5. The number of nitrogens with two attached hydrogens (primary N) is 1. The lowest BCUT2D eigenvalue weighted by molar-refractivity contribution is 0.0636. The van der Waals surface area contributed by atoms with Crippen LogP contribution in [0.2, 0.25) is 0 Å². The first-order valence-corrected chi connectivity index (χ1v) is 6.20. The Balaban J connectivity index is 2.85. The topological polar surface area (TPSA) is 84.6 Å². The summed E-state index contributed by atoms with van der Waals surface area (Å²) in [5, 5.41) is 11.7. The zero-order valence-corrected chi connectivity index (χ0v) is 11.9. The van der Waals surface area contributed by atoms with Crippen molar-refractivity contribution in [1.29, 1.82) is 0 Å². The number of anilines is 1. The number of aryl methyl sites for hydroxylation is 1. The van der Waals surface area contributed by atoms with Crippen LogP contribution < -0.4 is 11.1 Å². The highest BCUT2D eigenvalue weighted by atomic mass is 16.6. The predicted molar refractivity (Wildman–Crippen MR) is 75.0 cm³/mol. The number of ether oxygens (including phenoxy) is 1.